The molecule has 0 aliphatic heterocycles. The molecule has 0 aromatic carbocycles. The third kappa shape index (κ3) is 4.32. The molecule has 0 unspecified atom stereocenters. The Morgan fingerprint density at radius 1 is 1.00 bits per heavy atom. The minimum Gasteiger partial charge on any atom is -0.285 e. The standard InChI is InChI=1S/C12H23NS/c1-9(11(2,3)4)14-10(13-8)12(5,6)7/h1H2,2-8H3/b13-10-. The molecule has 0 amide bonds. The lowest BCUT2D eigenvalue weighted by Gasteiger charge is -2.26. The minimum absolute atomic E-state index is 0.119. The number of nitrogens with zero attached hydrogens (tertiary/aromatic N) is 1. The van der Waals surface area contributed by atoms with Gasteiger partial charge in [-0.25, -0.2) is 0 Å². The molecule has 0 N–H and O–H groups in total. The fraction of sp³-hybridized carbons (Fsp3) is 0.750. The Balaban J connectivity index is 4.61. The van der Waals surface area contributed by atoms with Gasteiger partial charge in [0.2, 0.25) is 0 Å². The van der Waals surface area contributed by atoms with Crippen molar-refractivity contribution in [2.24, 2.45) is 15.8 Å². The number of aliphatic imine (C=N–C) groups is 1. The second kappa shape index (κ2) is 4.52. The van der Waals surface area contributed by atoms with Gasteiger partial charge < -0.3 is 0 Å². The summed E-state index contributed by atoms with van der Waals surface area (Å²) in [6.45, 7) is 17.2. The molecule has 1 nitrogen and oxygen atoms in total. The van der Waals surface area contributed by atoms with Crippen molar-refractivity contribution in [1.82, 2.24) is 0 Å². The predicted molar refractivity (Wildman–Crippen MR) is 69.0 cm³/mol. The first-order chi connectivity index (χ1) is 6.09. The zero-order valence-corrected chi connectivity index (χ0v) is 11.4. The average Bonchev–Trinajstić information content (AvgIpc) is 1.95. The van der Waals surface area contributed by atoms with E-state index in [1.54, 1.807) is 11.8 Å². The van der Waals surface area contributed by atoms with Crippen molar-refractivity contribution in [1.29, 1.82) is 0 Å². The third-order valence-corrected chi connectivity index (χ3v) is 3.75. The van der Waals surface area contributed by atoms with E-state index in [-0.39, 0.29) is 10.8 Å². The predicted octanol–water partition coefficient (Wildman–Crippen LogP) is 4.35. The minimum atomic E-state index is 0.119. The van der Waals surface area contributed by atoms with Gasteiger partial charge in [-0.15, -0.1) is 0 Å². The van der Waals surface area contributed by atoms with Crippen LogP contribution in [0.1, 0.15) is 41.5 Å². The number of allylic oxidation sites excluding steroid dienone is 1. The number of rotatable bonds is 1. The van der Waals surface area contributed by atoms with Crippen LogP contribution in [-0.2, 0) is 0 Å². The highest BCUT2D eigenvalue weighted by atomic mass is 32.2. The van der Waals surface area contributed by atoms with E-state index in [0.717, 1.165) is 5.04 Å². The molecule has 0 bridgehead atoms. The highest BCUT2D eigenvalue weighted by molar-refractivity contribution is 8.17. The molecular formula is C12H23NS. The van der Waals surface area contributed by atoms with Crippen molar-refractivity contribution in [2.75, 3.05) is 7.05 Å². The molecule has 0 atom stereocenters. The van der Waals surface area contributed by atoms with Gasteiger partial charge in [0.1, 0.15) is 0 Å². The molecule has 0 aliphatic carbocycles. The summed E-state index contributed by atoms with van der Waals surface area (Å²) in [7, 11) is 1.85. The van der Waals surface area contributed by atoms with Gasteiger partial charge >= 0.3 is 0 Å². The SMILES string of the molecule is C=C(S/C(=N\C)C(C)(C)C)C(C)(C)C. The molecule has 0 aliphatic rings. The smallest absolute Gasteiger partial charge is 0.0770 e. The van der Waals surface area contributed by atoms with Crippen LogP contribution in [0.3, 0.4) is 0 Å². The van der Waals surface area contributed by atoms with Crippen LogP contribution in [-0.4, -0.2) is 12.1 Å². The molecule has 0 fully saturated rings. The van der Waals surface area contributed by atoms with E-state index in [1.165, 1.54) is 4.91 Å². The summed E-state index contributed by atoms with van der Waals surface area (Å²) < 4.78 is 0. The van der Waals surface area contributed by atoms with Crippen molar-refractivity contribution in [3.8, 4) is 0 Å². The summed E-state index contributed by atoms with van der Waals surface area (Å²) in [5.41, 5.74) is 0.263. The first kappa shape index (κ1) is 13.8. The zero-order valence-electron chi connectivity index (χ0n) is 10.6. The van der Waals surface area contributed by atoms with Crippen molar-refractivity contribution in [2.45, 2.75) is 41.5 Å². The van der Waals surface area contributed by atoms with Crippen LogP contribution in [0.15, 0.2) is 16.5 Å². The molecule has 14 heavy (non-hydrogen) atoms. The lowest BCUT2D eigenvalue weighted by molar-refractivity contribution is 0.535. The summed E-state index contributed by atoms with van der Waals surface area (Å²) in [5.74, 6) is 0. The first-order valence-corrected chi connectivity index (χ1v) is 5.75. The Morgan fingerprint density at radius 3 is 1.64 bits per heavy atom. The summed E-state index contributed by atoms with van der Waals surface area (Å²) in [6.07, 6.45) is 0. The van der Waals surface area contributed by atoms with Crippen LogP contribution < -0.4 is 0 Å². The molecule has 82 valence electrons. The Hall–Kier alpha value is -0.240. The molecule has 0 radical (unpaired) electrons. The Labute approximate surface area is 93.1 Å². The highest BCUT2D eigenvalue weighted by Crippen LogP contribution is 2.37. The number of thioether (sulfide) groups is 1. The van der Waals surface area contributed by atoms with E-state index in [0.29, 0.717) is 0 Å². The second-order valence-electron chi connectivity index (χ2n) is 5.55. The molecule has 0 saturated heterocycles. The topological polar surface area (TPSA) is 12.4 Å². The Bertz CT molecular complexity index is 238. The molecule has 0 saturated carbocycles. The first-order valence-electron chi connectivity index (χ1n) is 4.93. The van der Waals surface area contributed by atoms with Gasteiger partial charge in [-0.1, -0.05) is 59.9 Å². The maximum absolute atomic E-state index is 4.33. The van der Waals surface area contributed by atoms with E-state index < -0.39 is 0 Å². The van der Waals surface area contributed by atoms with Crippen molar-refractivity contribution >= 4 is 16.8 Å². The van der Waals surface area contributed by atoms with E-state index in [2.05, 4.69) is 53.1 Å². The summed E-state index contributed by atoms with van der Waals surface area (Å²) >= 11 is 1.71. The van der Waals surface area contributed by atoms with Crippen LogP contribution in [0.5, 0.6) is 0 Å². The van der Waals surface area contributed by atoms with Crippen molar-refractivity contribution in [3.05, 3.63) is 11.5 Å². The van der Waals surface area contributed by atoms with Gasteiger partial charge in [0.05, 0.1) is 5.04 Å². The summed E-state index contributed by atoms with van der Waals surface area (Å²) in [5, 5.41) is 1.15. The molecule has 0 aromatic heterocycles. The molecule has 0 rings (SSSR count). The second-order valence-corrected chi connectivity index (χ2v) is 6.64. The van der Waals surface area contributed by atoms with Crippen LogP contribution in [0.25, 0.3) is 0 Å². The Kier molecular flexibility index (Phi) is 4.44. The summed E-state index contributed by atoms with van der Waals surface area (Å²) in [6, 6.07) is 0. The van der Waals surface area contributed by atoms with E-state index in [9.17, 15) is 0 Å². The average molecular weight is 213 g/mol. The maximum Gasteiger partial charge on any atom is 0.0770 e. The van der Waals surface area contributed by atoms with E-state index in [1.807, 2.05) is 7.05 Å². The molecule has 2 heteroatoms. The fourth-order valence-electron chi connectivity index (χ4n) is 0.804. The molecular weight excluding hydrogens is 190 g/mol. The van der Waals surface area contributed by atoms with E-state index in [4.69, 9.17) is 0 Å². The quantitative estimate of drug-likeness (QED) is 0.466. The number of hydrogen-bond donors (Lipinski definition) is 0. The van der Waals surface area contributed by atoms with Gasteiger partial charge in [-0.3, -0.25) is 4.99 Å². The zero-order chi connectivity index (χ0) is 11.6. The van der Waals surface area contributed by atoms with E-state index >= 15 is 0 Å². The van der Waals surface area contributed by atoms with Crippen molar-refractivity contribution < 1.29 is 0 Å². The maximum atomic E-state index is 4.33. The largest absolute Gasteiger partial charge is 0.285 e. The third-order valence-electron chi connectivity index (χ3n) is 1.90. The lowest BCUT2D eigenvalue weighted by atomic mass is 9.97. The van der Waals surface area contributed by atoms with Gasteiger partial charge in [0, 0.05) is 12.5 Å². The lowest BCUT2D eigenvalue weighted by Crippen LogP contribution is -2.19. The summed E-state index contributed by atoms with van der Waals surface area (Å²) in [4.78, 5) is 5.51. The van der Waals surface area contributed by atoms with Gasteiger partial charge in [-0.05, 0) is 10.3 Å². The Morgan fingerprint density at radius 2 is 1.43 bits per heavy atom. The van der Waals surface area contributed by atoms with Crippen LogP contribution in [0.4, 0.5) is 0 Å². The normalized spacial score (nSPS) is 14.4. The van der Waals surface area contributed by atoms with Crippen molar-refractivity contribution in [3.63, 3.8) is 0 Å². The molecule has 0 heterocycles. The van der Waals surface area contributed by atoms with Gasteiger partial charge in [-0.2, -0.15) is 0 Å². The van der Waals surface area contributed by atoms with Crippen LogP contribution >= 0.6 is 11.8 Å². The van der Waals surface area contributed by atoms with Crippen LogP contribution in [0.2, 0.25) is 0 Å². The fourth-order valence-corrected chi connectivity index (χ4v) is 1.74. The number of hydrogen-bond acceptors (Lipinski definition) is 2. The molecule has 0 aromatic rings. The van der Waals surface area contributed by atoms with Gasteiger partial charge in [0.25, 0.3) is 0 Å². The molecule has 0 spiro atoms. The monoisotopic (exact) mass is 213 g/mol. The van der Waals surface area contributed by atoms with Crippen LogP contribution in [0, 0.1) is 10.8 Å². The van der Waals surface area contributed by atoms with Gasteiger partial charge in [0.15, 0.2) is 0 Å². The highest BCUT2D eigenvalue weighted by Gasteiger charge is 2.24.